The summed E-state index contributed by atoms with van der Waals surface area (Å²) in [7, 11) is 0. The van der Waals surface area contributed by atoms with E-state index in [0.717, 1.165) is 57.7 Å². The first kappa shape index (κ1) is 19.0. The lowest BCUT2D eigenvalue weighted by atomic mass is 9.92. The van der Waals surface area contributed by atoms with Crippen LogP contribution in [0.15, 0.2) is 23.3 Å². The predicted octanol–water partition coefficient (Wildman–Crippen LogP) is 2.36. The maximum Gasteiger partial charge on any atom is 0.194 e. The van der Waals surface area contributed by atoms with Crippen molar-refractivity contribution in [1.29, 1.82) is 0 Å². The second kappa shape index (κ2) is 9.21. The monoisotopic (exact) mass is 359 g/mol. The van der Waals surface area contributed by atoms with E-state index in [1.165, 1.54) is 12.0 Å². The van der Waals surface area contributed by atoms with E-state index < -0.39 is 0 Å². The summed E-state index contributed by atoms with van der Waals surface area (Å²) in [5.41, 5.74) is 1.18. The van der Waals surface area contributed by atoms with Gasteiger partial charge in [0, 0.05) is 44.5 Å². The maximum atomic E-state index is 5.48. The van der Waals surface area contributed by atoms with Gasteiger partial charge in [-0.05, 0) is 31.2 Å². The van der Waals surface area contributed by atoms with E-state index in [-0.39, 0.29) is 0 Å². The number of nitrogens with zero attached hydrogens (tertiary/aromatic N) is 4. The van der Waals surface area contributed by atoms with Crippen LogP contribution in [0.3, 0.4) is 0 Å². The third kappa shape index (κ3) is 4.87. The summed E-state index contributed by atoms with van der Waals surface area (Å²) in [6.07, 6.45) is 3.18. The summed E-state index contributed by atoms with van der Waals surface area (Å²) in [6.45, 7) is 13.9. The summed E-state index contributed by atoms with van der Waals surface area (Å²) < 4.78 is 5.48. The van der Waals surface area contributed by atoms with Crippen LogP contribution in [0.2, 0.25) is 0 Å². The lowest BCUT2D eigenvalue weighted by Gasteiger charge is -2.37. The van der Waals surface area contributed by atoms with Gasteiger partial charge in [-0.1, -0.05) is 19.9 Å². The van der Waals surface area contributed by atoms with Gasteiger partial charge in [-0.15, -0.1) is 0 Å². The quantitative estimate of drug-likeness (QED) is 0.661. The molecule has 0 aliphatic carbocycles. The minimum Gasteiger partial charge on any atom is -0.378 e. The molecule has 0 amide bonds. The maximum absolute atomic E-state index is 5.48. The largest absolute Gasteiger partial charge is 0.378 e. The van der Waals surface area contributed by atoms with Gasteiger partial charge in [0.05, 0.1) is 19.8 Å². The van der Waals surface area contributed by atoms with E-state index in [1.807, 2.05) is 12.3 Å². The van der Waals surface area contributed by atoms with Crippen LogP contribution in [0.4, 0.5) is 5.82 Å². The number of ether oxygens (including phenoxy) is 1. The lowest BCUT2D eigenvalue weighted by Crippen LogP contribution is -2.48. The molecule has 144 valence electrons. The van der Waals surface area contributed by atoms with Crippen molar-refractivity contribution in [3.05, 3.63) is 23.9 Å². The number of aromatic nitrogens is 1. The number of hydrogen-bond donors (Lipinski definition) is 1. The molecule has 0 aromatic carbocycles. The number of guanidine groups is 1. The van der Waals surface area contributed by atoms with Crippen LogP contribution in [0.1, 0.15) is 32.8 Å². The number of pyridine rings is 1. The molecular formula is C20H33N5O. The van der Waals surface area contributed by atoms with Gasteiger partial charge in [0.25, 0.3) is 0 Å². The molecule has 1 aromatic heterocycles. The summed E-state index contributed by atoms with van der Waals surface area (Å²) in [6, 6.07) is 4.15. The van der Waals surface area contributed by atoms with Crippen molar-refractivity contribution >= 4 is 11.8 Å². The summed E-state index contributed by atoms with van der Waals surface area (Å²) in [5.74, 6) is 3.51. The molecule has 3 rings (SSSR count). The zero-order chi connectivity index (χ0) is 18.4. The van der Waals surface area contributed by atoms with Gasteiger partial charge in [-0.2, -0.15) is 0 Å². The zero-order valence-corrected chi connectivity index (χ0v) is 16.4. The fourth-order valence-corrected chi connectivity index (χ4v) is 4.04. The second-order valence-corrected chi connectivity index (χ2v) is 7.61. The van der Waals surface area contributed by atoms with E-state index in [2.05, 4.69) is 46.9 Å². The second-order valence-electron chi connectivity index (χ2n) is 7.61. The molecule has 0 saturated carbocycles. The molecule has 2 fully saturated rings. The van der Waals surface area contributed by atoms with E-state index in [9.17, 15) is 0 Å². The number of nitrogens with one attached hydrogen (secondary N) is 1. The van der Waals surface area contributed by atoms with E-state index in [4.69, 9.17) is 9.73 Å². The Morgan fingerprint density at radius 2 is 2.00 bits per heavy atom. The summed E-state index contributed by atoms with van der Waals surface area (Å²) in [4.78, 5) is 14.3. The van der Waals surface area contributed by atoms with Crippen molar-refractivity contribution in [2.75, 3.05) is 50.8 Å². The lowest BCUT2D eigenvalue weighted by molar-refractivity contribution is 0.122. The van der Waals surface area contributed by atoms with Gasteiger partial charge in [0.2, 0.25) is 0 Å². The molecule has 1 aromatic rings. The molecule has 0 spiro atoms. The molecule has 0 bridgehead atoms. The summed E-state index contributed by atoms with van der Waals surface area (Å²) >= 11 is 0. The van der Waals surface area contributed by atoms with Crippen molar-refractivity contribution in [2.45, 2.75) is 33.7 Å². The normalized spacial score (nSPS) is 24.7. The average molecular weight is 360 g/mol. The minimum absolute atomic E-state index is 0.655. The zero-order valence-electron chi connectivity index (χ0n) is 16.4. The third-order valence-electron chi connectivity index (χ3n) is 5.08. The first-order chi connectivity index (χ1) is 12.7. The van der Waals surface area contributed by atoms with E-state index >= 15 is 0 Å². The fourth-order valence-electron chi connectivity index (χ4n) is 4.04. The van der Waals surface area contributed by atoms with Gasteiger partial charge in [0.1, 0.15) is 5.82 Å². The molecule has 2 atom stereocenters. The van der Waals surface area contributed by atoms with Gasteiger partial charge >= 0.3 is 0 Å². The number of likely N-dealkylation sites (tertiary alicyclic amines) is 1. The van der Waals surface area contributed by atoms with E-state index in [0.29, 0.717) is 18.4 Å². The number of piperidine rings is 1. The van der Waals surface area contributed by atoms with Gasteiger partial charge in [-0.3, -0.25) is 0 Å². The standard InChI is InChI=1S/C20H33N5O/c1-4-21-20(25-14-16(2)12-17(3)15-25)23-13-18-6-5-7-22-19(18)24-8-10-26-11-9-24/h5-7,16-17H,4,8-15H2,1-3H3,(H,21,23). The van der Waals surface area contributed by atoms with Crippen molar-refractivity contribution in [3.8, 4) is 0 Å². The molecule has 2 unspecified atom stereocenters. The molecule has 2 saturated heterocycles. The minimum atomic E-state index is 0.655. The Hall–Kier alpha value is -1.82. The van der Waals surface area contributed by atoms with Gasteiger partial charge in [-0.25, -0.2) is 9.98 Å². The average Bonchev–Trinajstić information content (AvgIpc) is 2.65. The third-order valence-corrected chi connectivity index (χ3v) is 5.08. The highest BCUT2D eigenvalue weighted by Crippen LogP contribution is 2.22. The highest BCUT2D eigenvalue weighted by atomic mass is 16.5. The SMILES string of the molecule is CCNC(=NCc1cccnc1N1CCOCC1)N1CC(C)CC(C)C1. The highest BCUT2D eigenvalue weighted by molar-refractivity contribution is 5.80. The van der Waals surface area contributed by atoms with Crippen molar-refractivity contribution in [3.63, 3.8) is 0 Å². The fraction of sp³-hybridized carbons (Fsp3) is 0.700. The Kier molecular flexibility index (Phi) is 6.72. The molecule has 6 nitrogen and oxygen atoms in total. The molecule has 3 heterocycles. The van der Waals surface area contributed by atoms with Crippen LogP contribution in [0.5, 0.6) is 0 Å². The predicted molar refractivity (Wildman–Crippen MR) is 107 cm³/mol. The highest BCUT2D eigenvalue weighted by Gasteiger charge is 2.24. The molecule has 2 aliphatic heterocycles. The van der Waals surface area contributed by atoms with Crippen LogP contribution >= 0.6 is 0 Å². The van der Waals surface area contributed by atoms with Crippen LogP contribution in [-0.2, 0) is 11.3 Å². The summed E-state index contributed by atoms with van der Waals surface area (Å²) in [5, 5.41) is 3.48. The number of rotatable bonds is 4. The Balaban J connectivity index is 1.75. The number of aliphatic imine (C=N–C) groups is 1. The Morgan fingerprint density at radius 3 is 2.69 bits per heavy atom. The molecular weight excluding hydrogens is 326 g/mol. The van der Waals surface area contributed by atoms with Crippen LogP contribution < -0.4 is 10.2 Å². The van der Waals surface area contributed by atoms with Crippen molar-refractivity contribution in [1.82, 2.24) is 15.2 Å². The molecule has 0 radical (unpaired) electrons. The van der Waals surface area contributed by atoms with Crippen molar-refractivity contribution < 1.29 is 4.74 Å². The van der Waals surface area contributed by atoms with Crippen LogP contribution in [0.25, 0.3) is 0 Å². The number of hydrogen-bond acceptors (Lipinski definition) is 4. The smallest absolute Gasteiger partial charge is 0.194 e. The van der Waals surface area contributed by atoms with Crippen molar-refractivity contribution in [2.24, 2.45) is 16.8 Å². The number of morpholine rings is 1. The molecule has 2 aliphatic rings. The first-order valence-electron chi connectivity index (χ1n) is 9.97. The molecule has 6 heteroatoms. The first-order valence-corrected chi connectivity index (χ1v) is 9.97. The topological polar surface area (TPSA) is 53.0 Å². The van der Waals surface area contributed by atoms with Crippen LogP contribution in [0, 0.1) is 11.8 Å². The van der Waals surface area contributed by atoms with Gasteiger partial charge < -0.3 is 19.9 Å². The van der Waals surface area contributed by atoms with E-state index in [1.54, 1.807) is 0 Å². The van der Waals surface area contributed by atoms with Crippen LogP contribution in [-0.4, -0.2) is 61.8 Å². The Bertz CT molecular complexity index is 590. The Labute approximate surface area is 157 Å². The van der Waals surface area contributed by atoms with Gasteiger partial charge in [0.15, 0.2) is 5.96 Å². The Morgan fingerprint density at radius 1 is 1.27 bits per heavy atom. The number of anilines is 1. The molecule has 1 N–H and O–H groups in total. The molecule has 26 heavy (non-hydrogen) atoms.